The van der Waals surface area contributed by atoms with Crippen LogP contribution in [0.4, 0.5) is 0 Å². The molecule has 1 aliphatic rings. The summed E-state index contributed by atoms with van der Waals surface area (Å²) in [4.78, 5) is 28.9. The lowest BCUT2D eigenvalue weighted by Gasteiger charge is -2.26. The summed E-state index contributed by atoms with van der Waals surface area (Å²) in [5, 5.41) is 15.3. The molecule has 0 saturated carbocycles. The van der Waals surface area contributed by atoms with Crippen LogP contribution in [0.15, 0.2) is 89.8 Å². The highest BCUT2D eigenvalue weighted by Gasteiger charge is 2.46. The first-order valence-corrected chi connectivity index (χ1v) is 11.3. The second-order valence-electron chi connectivity index (χ2n) is 7.92. The van der Waals surface area contributed by atoms with Crippen molar-refractivity contribution in [2.24, 2.45) is 0 Å². The molecule has 32 heavy (non-hydrogen) atoms. The van der Waals surface area contributed by atoms with Gasteiger partial charge < -0.3 is 10.0 Å². The molecule has 0 aliphatic carbocycles. The SMILES string of the molecule is Cc1ccccc1C1/C(=C(\O)c2ccc3ccccc3c2)C(=O)C(=O)N1Cc1cccs1. The second kappa shape index (κ2) is 8.09. The number of Topliss-reactive ketones (excluding diaryl/α,β-unsaturated/α-hetero) is 1. The Morgan fingerprint density at radius 2 is 1.69 bits per heavy atom. The number of nitrogens with zero attached hydrogens (tertiary/aromatic N) is 1. The second-order valence-corrected chi connectivity index (χ2v) is 8.96. The van der Waals surface area contributed by atoms with Crippen molar-refractivity contribution in [2.75, 3.05) is 0 Å². The molecule has 1 N–H and O–H groups in total. The summed E-state index contributed by atoms with van der Waals surface area (Å²) in [6.45, 7) is 2.27. The lowest BCUT2D eigenvalue weighted by molar-refractivity contribution is -0.140. The van der Waals surface area contributed by atoms with Gasteiger partial charge in [0, 0.05) is 10.4 Å². The molecule has 1 aromatic heterocycles. The van der Waals surface area contributed by atoms with Crippen LogP contribution in [0.3, 0.4) is 0 Å². The Kier molecular flexibility index (Phi) is 5.11. The number of hydrogen-bond donors (Lipinski definition) is 1. The van der Waals surface area contributed by atoms with Crippen molar-refractivity contribution in [1.29, 1.82) is 0 Å². The molecule has 0 spiro atoms. The topological polar surface area (TPSA) is 57.6 Å². The number of carbonyl (C=O) groups is 2. The Balaban J connectivity index is 1.69. The van der Waals surface area contributed by atoms with Gasteiger partial charge in [-0.25, -0.2) is 0 Å². The van der Waals surface area contributed by atoms with Gasteiger partial charge in [0.1, 0.15) is 5.76 Å². The largest absolute Gasteiger partial charge is 0.507 e. The van der Waals surface area contributed by atoms with Crippen molar-refractivity contribution >= 4 is 39.6 Å². The van der Waals surface area contributed by atoms with Gasteiger partial charge in [-0.05, 0) is 46.3 Å². The number of amides is 1. The van der Waals surface area contributed by atoms with Crippen LogP contribution in [-0.4, -0.2) is 21.7 Å². The fourth-order valence-electron chi connectivity index (χ4n) is 4.32. The van der Waals surface area contributed by atoms with Crippen molar-refractivity contribution in [3.05, 3.63) is 111 Å². The molecule has 1 saturated heterocycles. The third kappa shape index (κ3) is 3.41. The van der Waals surface area contributed by atoms with E-state index in [2.05, 4.69) is 0 Å². The molecule has 1 unspecified atom stereocenters. The molecule has 3 aromatic carbocycles. The summed E-state index contributed by atoms with van der Waals surface area (Å²) < 4.78 is 0. The predicted molar refractivity (Wildman–Crippen MR) is 127 cm³/mol. The van der Waals surface area contributed by atoms with Crippen LogP contribution in [0.25, 0.3) is 16.5 Å². The molecule has 1 atom stereocenters. The van der Waals surface area contributed by atoms with Crippen molar-refractivity contribution in [1.82, 2.24) is 4.90 Å². The molecule has 4 aromatic rings. The number of carbonyl (C=O) groups excluding carboxylic acids is 2. The summed E-state index contributed by atoms with van der Waals surface area (Å²) in [5.74, 6) is -1.38. The van der Waals surface area contributed by atoms with Crippen molar-refractivity contribution in [3.63, 3.8) is 0 Å². The highest BCUT2D eigenvalue weighted by Crippen LogP contribution is 2.41. The molecule has 2 heterocycles. The van der Waals surface area contributed by atoms with Gasteiger partial charge in [-0.1, -0.05) is 66.7 Å². The minimum Gasteiger partial charge on any atom is -0.507 e. The zero-order valence-corrected chi connectivity index (χ0v) is 18.3. The number of thiophene rings is 1. The van der Waals surface area contributed by atoms with E-state index in [-0.39, 0.29) is 11.3 Å². The van der Waals surface area contributed by atoms with Crippen LogP contribution in [0, 0.1) is 6.92 Å². The maximum absolute atomic E-state index is 13.2. The molecule has 0 radical (unpaired) electrons. The van der Waals surface area contributed by atoms with Gasteiger partial charge in [0.2, 0.25) is 0 Å². The van der Waals surface area contributed by atoms with Gasteiger partial charge in [-0.15, -0.1) is 11.3 Å². The van der Waals surface area contributed by atoms with E-state index in [0.717, 1.165) is 26.8 Å². The van der Waals surface area contributed by atoms with Gasteiger partial charge >= 0.3 is 0 Å². The molecular weight excluding hydrogens is 418 g/mol. The molecule has 4 nitrogen and oxygen atoms in total. The van der Waals surface area contributed by atoms with E-state index in [4.69, 9.17) is 0 Å². The average molecular weight is 440 g/mol. The van der Waals surface area contributed by atoms with E-state index in [1.54, 1.807) is 11.0 Å². The van der Waals surface area contributed by atoms with E-state index in [0.29, 0.717) is 12.1 Å². The van der Waals surface area contributed by atoms with Crippen LogP contribution in [0.2, 0.25) is 0 Å². The standard InChI is InChI=1S/C27H21NO3S/c1-17-7-2-5-11-22(17)24-23(26(30)27(31)28(24)16-21-10-6-14-32-21)25(29)20-13-12-18-8-3-4-9-19(18)15-20/h2-15,24,29H,16H2,1H3/b25-23+. The number of fused-ring (bicyclic) bond motifs is 1. The van der Waals surface area contributed by atoms with Gasteiger partial charge in [0.15, 0.2) is 0 Å². The lowest BCUT2D eigenvalue weighted by Crippen LogP contribution is -2.29. The number of aryl methyl sites for hydroxylation is 1. The Bertz CT molecular complexity index is 1370. The van der Waals surface area contributed by atoms with Crippen molar-refractivity contribution < 1.29 is 14.7 Å². The van der Waals surface area contributed by atoms with Gasteiger partial charge in [0.25, 0.3) is 11.7 Å². The third-order valence-corrected chi connectivity index (χ3v) is 6.81. The summed E-state index contributed by atoms with van der Waals surface area (Å²) in [6.07, 6.45) is 0. The Morgan fingerprint density at radius 3 is 2.44 bits per heavy atom. The Hall–Kier alpha value is -3.70. The van der Waals surface area contributed by atoms with E-state index in [9.17, 15) is 14.7 Å². The first-order chi connectivity index (χ1) is 15.5. The minimum atomic E-state index is -0.652. The molecular formula is C27H21NO3S. The Labute approximate surface area is 190 Å². The minimum absolute atomic E-state index is 0.135. The van der Waals surface area contributed by atoms with Crippen LogP contribution in [0.5, 0.6) is 0 Å². The van der Waals surface area contributed by atoms with Gasteiger partial charge in [-0.2, -0.15) is 0 Å². The maximum atomic E-state index is 13.2. The fourth-order valence-corrected chi connectivity index (χ4v) is 5.03. The Morgan fingerprint density at radius 1 is 0.938 bits per heavy atom. The predicted octanol–water partition coefficient (Wildman–Crippen LogP) is 5.83. The molecule has 1 aliphatic heterocycles. The summed E-state index contributed by atoms with van der Waals surface area (Å²) in [7, 11) is 0. The monoisotopic (exact) mass is 439 g/mol. The molecule has 5 rings (SSSR count). The molecule has 0 bridgehead atoms. The maximum Gasteiger partial charge on any atom is 0.295 e. The van der Waals surface area contributed by atoms with Crippen molar-refractivity contribution in [3.8, 4) is 0 Å². The van der Waals surface area contributed by atoms with Crippen LogP contribution in [0.1, 0.15) is 27.6 Å². The first-order valence-electron chi connectivity index (χ1n) is 10.4. The number of ketones is 1. The number of aliphatic hydroxyl groups is 1. The summed E-state index contributed by atoms with van der Waals surface area (Å²) in [6, 6.07) is 24.3. The molecule has 1 fully saturated rings. The van der Waals surface area contributed by atoms with Crippen molar-refractivity contribution in [2.45, 2.75) is 19.5 Å². The number of benzene rings is 3. The smallest absolute Gasteiger partial charge is 0.295 e. The number of hydrogen-bond acceptors (Lipinski definition) is 4. The zero-order chi connectivity index (χ0) is 22.2. The average Bonchev–Trinajstić information content (AvgIpc) is 3.41. The number of rotatable bonds is 4. The highest BCUT2D eigenvalue weighted by atomic mass is 32.1. The van der Waals surface area contributed by atoms with Crippen LogP contribution >= 0.6 is 11.3 Å². The highest BCUT2D eigenvalue weighted by molar-refractivity contribution is 7.09. The van der Waals surface area contributed by atoms with Gasteiger partial charge in [0.05, 0.1) is 18.2 Å². The number of likely N-dealkylation sites (tertiary alicyclic amines) is 1. The van der Waals surface area contributed by atoms with E-state index in [1.807, 2.05) is 85.1 Å². The quantitative estimate of drug-likeness (QED) is 0.247. The first kappa shape index (κ1) is 20.2. The fraction of sp³-hybridized carbons (Fsp3) is 0.111. The molecule has 5 heteroatoms. The molecule has 158 valence electrons. The van der Waals surface area contributed by atoms with E-state index in [1.165, 1.54) is 11.3 Å². The zero-order valence-electron chi connectivity index (χ0n) is 17.5. The summed E-state index contributed by atoms with van der Waals surface area (Å²) in [5.41, 5.74) is 2.46. The van der Waals surface area contributed by atoms with Crippen LogP contribution in [-0.2, 0) is 16.1 Å². The van der Waals surface area contributed by atoms with E-state index < -0.39 is 17.7 Å². The summed E-state index contributed by atoms with van der Waals surface area (Å²) >= 11 is 1.54. The third-order valence-electron chi connectivity index (χ3n) is 5.95. The van der Waals surface area contributed by atoms with E-state index >= 15 is 0 Å². The number of aliphatic hydroxyl groups excluding tert-OH is 1. The van der Waals surface area contributed by atoms with Gasteiger partial charge in [-0.3, -0.25) is 9.59 Å². The van der Waals surface area contributed by atoms with Crippen LogP contribution < -0.4 is 0 Å². The normalized spacial score (nSPS) is 17.9. The lowest BCUT2D eigenvalue weighted by atomic mass is 9.92. The molecule has 1 amide bonds.